The molecule has 2 fully saturated rings. The van der Waals surface area contributed by atoms with Gasteiger partial charge in [-0.25, -0.2) is 0 Å². The maximum absolute atomic E-state index is 12.6. The maximum atomic E-state index is 12.6. The molecule has 0 spiro atoms. The predicted molar refractivity (Wildman–Crippen MR) is 78.4 cm³/mol. The second-order valence-corrected chi connectivity index (χ2v) is 8.65. The third-order valence-corrected chi connectivity index (χ3v) is 7.29. The Morgan fingerprint density at radius 2 is 2.00 bits per heavy atom. The van der Waals surface area contributed by atoms with E-state index >= 15 is 0 Å². The molecule has 2 unspecified atom stereocenters. The van der Waals surface area contributed by atoms with Crippen LogP contribution in [0.15, 0.2) is 0 Å². The summed E-state index contributed by atoms with van der Waals surface area (Å²) in [7, 11) is -3.33. The summed E-state index contributed by atoms with van der Waals surface area (Å²) in [5.41, 5.74) is 0. The van der Waals surface area contributed by atoms with E-state index in [-0.39, 0.29) is 12.5 Å². The van der Waals surface area contributed by atoms with Crippen molar-refractivity contribution in [3.8, 4) is 0 Å². The Kier molecular flexibility index (Phi) is 5.54. The van der Waals surface area contributed by atoms with Crippen molar-refractivity contribution in [1.82, 2.24) is 8.61 Å². The lowest BCUT2D eigenvalue weighted by atomic mass is 10.0. The molecule has 0 aromatic rings. The summed E-state index contributed by atoms with van der Waals surface area (Å²) in [4.78, 5) is 0. The van der Waals surface area contributed by atoms with Crippen LogP contribution in [0.2, 0.25) is 0 Å². The van der Waals surface area contributed by atoms with E-state index in [0.29, 0.717) is 31.4 Å². The molecule has 5 nitrogen and oxygen atoms in total. The quantitative estimate of drug-likeness (QED) is 0.833. The first kappa shape index (κ1) is 15.6. The van der Waals surface area contributed by atoms with Crippen molar-refractivity contribution in [2.24, 2.45) is 5.92 Å². The molecule has 0 aromatic heterocycles. The number of thioether (sulfide) groups is 1. The zero-order valence-electron chi connectivity index (χ0n) is 11.5. The maximum Gasteiger partial charge on any atom is 0.282 e. The highest BCUT2D eigenvalue weighted by molar-refractivity contribution is 8.00. The first-order chi connectivity index (χ1) is 9.07. The highest BCUT2D eigenvalue weighted by Gasteiger charge is 2.35. The molecule has 0 amide bonds. The van der Waals surface area contributed by atoms with Crippen LogP contribution in [0.1, 0.15) is 26.2 Å². The average Bonchev–Trinajstić information content (AvgIpc) is 2.47. The summed E-state index contributed by atoms with van der Waals surface area (Å²) in [6.07, 6.45) is 2.79. The van der Waals surface area contributed by atoms with Crippen LogP contribution in [0, 0.1) is 5.92 Å². The largest absolute Gasteiger partial charge is 0.396 e. The molecule has 0 aliphatic carbocycles. The molecule has 2 heterocycles. The number of rotatable bonds is 4. The van der Waals surface area contributed by atoms with Crippen molar-refractivity contribution >= 4 is 22.0 Å². The molecular formula is C12H24N2O3S2. The molecule has 2 rings (SSSR count). The van der Waals surface area contributed by atoms with Gasteiger partial charge in [0, 0.05) is 43.8 Å². The molecule has 0 radical (unpaired) electrons. The summed E-state index contributed by atoms with van der Waals surface area (Å²) < 4.78 is 28.5. The molecule has 2 saturated heterocycles. The summed E-state index contributed by atoms with van der Waals surface area (Å²) in [5, 5.41) is 9.65. The van der Waals surface area contributed by atoms with E-state index in [1.165, 1.54) is 0 Å². The van der Waals surface area contributed by atoms with Crippen LogP contribution < -0.4 is 0 Å². The number of nitrogens with zero attached hydrogens (tertiary/aromatic N) is 2. The fourth-order valence-electron chi connectivity index (χ4n) is 2.70. The Labute approximate surface area is 120 Å². The van der Waals surface area contributed by atoms with Crippen LogP contribution in [0.3, 0.4) is 0 Å². The van der Waals surface area contributed by atoms with Crippen LogP contribution in [-0.2, 0) is 10.2 Å². The predicted octanol–water partition coefficient (Wildman–Crippen LogP) is 0.763. The summed E-state index contributed by atoms with van der Waals surface area (Å²) in [5.74, 6) is 0.985. The Morgan fingerprint density at radius 3 is 2.68 bits per heavy atom. The van der Waals surface area contributed by atoms with E-state index in [2.05, 4.69) is 6.92 Å². The summed E-state index contributed by atoms with van der Waals surface area (Å²) >= 11 is 1.87. The summed E-state index contributed by atoms with van der Waals surface area (Å²) in [6, 6.07) is 0. The fraction of sp³-hybridized carbons (Fsp3) is 1.00. The summed E-state index contributed by atoms with van der Waals surface area (Å²) in [6.45, 7) is 4.50. The minimum absolute atomic E-state index is 0.0828. The average molecular weight is 308 g/mol. The van der Waals surface area contributed by atoms with E-state index in [0.717, 1.165) is 25.0 Å². The Balaban J connectivity index is 2.04. The number of piperidine rings is 1. The molecule has 1 N–H and O–H groups in total. The van der Waals surface area contributed by atoms with Crippen LogP contribution in [0.5, 0.6) is 0 Å². The van der Waals surface area contributed by atoms with Gasteiger partial charge in [0.25, 0.3) is 10.2 Å². The molecule has 19 heavy (non-hydrogen) atoms. The van der Waals surface area contributed by atoms with Gasteiger partial charge in [0.15, 0.2) is 0 Å². The van der Waals surface area contributed by atoms with Gasteiger partial charge in [-0.2, -0.15) is 28.8 Å². The third kappa shape index (κ3) is 3.64. The Bertz CT molecular complexity index is 358. The zero-order valence-corrected chi connectivity index (χ0v) is 13.1. The lowest BCUT2D eigenvalue weighted by Crippen LogP contribution is -2.52. The number of hydrogen-bond acceptors (Lipinski definition) is 4. The van der Waals surface area contributed by atoms with E-state index < -0.39 is 10.2 Å². The molecule has 112 valence electrons. The smallest absolute Gasteiger partial charge is 0.282 e. The van der Waals surface area contributed by atoms with Crippen LogP contribution in [0.4, 0.5) is 0 Å². The van der Waals surface area contributed by atoms with Gasteiger partial charge in [-0.1, -0.05) is 6.92 Å². The second-order valence-electron chi connectivity index (χ2n) is 5.32. The van der Waals surface area contributed by atoms with Crippen LogP contribution in [-0.4, -0.2) is 65.9 Å². The molecule has 2 aliphatic heterocycles. The SMILES string of the molecule is CCC1CN(S(=O)(=O)N2CCCC(CO)C2)CCS1. The first-order valence-electron chi connectivity index (χ1n) is 7.05. The highest BCUT2D eigenvalue weighted by Crippen LogP contribution is 2.26. The molecule has 0 aromatic carbocycles. The van der Waals surface area contributed by atoms with Gasteiger partial charge < -0.3 is 5.11 Å². The van der Waals surface area contributed by atoms with Gasteiger partial charge in [-0.15, -0.1) is 0 Å². The topological polar surface area (TPSA) is 60.9 Å². The van der Waals surface area contributed by atoms with Gasteiger partial charge in [0.1, 0.15) is 0 Å². The van der Waals surface area contributed by atoms with Crippen LogP contribution >= 0.6 is 11.8 Å². The molecule has 0 saturated carbocycles. The molecular weight excluding hydrogens is 284 g/mol. The number of hydrogen-bond donors (Lipinski definition) is 1. The van der Waals surface area contributed by atoms with Gasteiger partial charge in [-0.05, 0) is 25.2 Å². The fourth-order valence-corrected chi connectivity index (χ4v) is 5.86. The third-order valence-electron chi connectivity index (χ3n) is 3.95. The standard InChI is InChI=1S/C12H24N2O3S2/c1-2-12-9-14(6-7-18-12)19(16,17)13-5-3-4-11(8-13)10-15/h11-12,15H,2-10H2,1H3. The van der Waals surface area contributed by atoms with Crippen molar-refractivity contribution in [2.45, 2.75) is 31.4 Å². The van der Waals surface area contributed by atoms with Gasteiger partial charge in [0.2, 0.25) is 0 Å². The molecule has 2 aliphatic rings. The second kappa shape index (κ2) is 6.76. The lowest BCUT2D eigenvalue weighted by Gasteiger charge is -2.38. The van der Waals surface area contributed by atoms with Crippen LogP contribution in [0.25, 0.3) is 0 Å². The Morgan fingerprint density at radius 1 is 1.26 bits per heavy atom. The molecule has 0 bridgehead atoms. The van der Waals surface area contributed by atoms with Crippen molar-refractivity contribution in [2.75, 3.05) is 38.5 Å². The highest BCUT2D eigenvalue weighted by atomic mass is 32.2. The zero-order chi connectivity index (χ0) is 13.9. The number of aliphatic hydroxyl groups excluding tert-OH is 1. The lowest BCUT2D eigenvalue weighted by molar-refractivity contribution is 0.161. The van der Waals surface area contributed by atoms with E-state index in [1.54, 1.807) is 8.61 Å². The van der Waals surface area contributed by atoms with Gasteiger partial charge in [0.05, 0.1) is 0 Å². The minimum atomic E-state index is -3.33. The van der Waals surface area contributed by atoms with Crippen molar-refractivity contribution in [3.63, 3.8) is 0 Å². The van der Waals surface area contributed by atoms with Gasteiger partial charge in [-0.3, -0.25) is 0 Å². The number of aliphatic hydroxyl groups is 1. The minimum Gasteiger partial charge on any atom is -0.396 e. The normalized spacial score (nSPS) is 31.5. The monoisotopic (exact) mass is 308 g/mol. The first-order valence-corrected chi connectivity index (χ1v) is 9.50. The van der Waals surface area contributed by atoms with Crippen molar-refractivity contribution in [3.05, 3.63) is 0 Å². The van der Waals surface area contributed by atoms with E-state index in [9.17, 15) is 13.5 Å². The molecule has 2 atom stereocenters. The molecule has 7 heteroatoms. The van der Waals surface area contributed by atoms with E-state index in [1.807, 2.05) is 11.8 Å². The van der Waals surface area contributed by atoms with Crippen molar-refractivity contribution in [1.29, 1.82) is 0 Å². The Hall–Kier alpha value is 0.180. The van der Waals surface area contributed by atoms with Crippen molar-refractivity contribution < 1.29 is 13.5 Å². The van der Waals surface area contributed by atoms with Gasteiger partial charge >= 0.3 is 0 Å². The van der Waals surface area contributed by atoms with E-state index in [4.69, 9.17) is 0 Å².